The van der Waals surface area contributed by atoms with Gasteiger partial charge in [0.1, 0.15) is 0 Å². The van der Waals surface area contributed by atoms with Crippen molar-refractivity contribution in [1.82, 2.24) is 10.3 Å². The van der Waals surface area contributed by atoms with Crippen molar-refractivity contribution in [3.05, 3.63) is 30.1 Å². The van der Waals surface area contributed by atoms with E-state index in [1.165, 1.54) is 0 Å². The lowest BCUT2D eigenvalue weighted by atomic mass is 10.0. The first-order valence-electron chi connectivity index (χ1n) is 6.02. The molecule has 1 rings (SSSR count). The SMILES string of the molecule is CCC(NC(=O)C(C)C(C)N)c1ccncc1. The van der Waals surface area contributed by atoms with Crippen LogP contribution in [-0.2, 0) is 4.79 Å². The Kier molecular flexibility index (Phi) is 5.10. The highest BCUT2D eigenvalue weighted by atomic mass is 16.1. The van der Waals surface area contributed by atoms with E-state index in [1.807, 2.05) is 32.9 Å². The Bertz CT molecular complexity index is 351. The summed E-state index contributed by atoms with van der Waals surface area (Å²) in [6.45, 7) is 5.73. The van der Waals surface area contributed by atoms with Crippen LogP contribution in [0.2, 0.25) is 0 Å². The molecular formula is C13H21N3O. The van der Waals surface area contributed by atoms with Crippen LogP contribution >= 0.6 is 0 Å². The first-order valence-corrected chi connectivity index (χ1v) is 6.02. The molecule has 4 heteroatoms. The predicted octanol–water partition coefficient (Wildman–Crippen LogP) is 1.63. The van der Waals surface area contributed by atoms with Gasteiger partial charge in [-0.15, -0.1) is 0 Å². The molecule has 1 heterocycles. The molecule has 0 aliphatic heterocycles. The maximum Gasteiger partial charge on any atom is 0.224 e. The molecule has 0 saturated carbocycles. The number of aromatic nitrogens is 1. The van der Waals surface area contributed by atoms with E-state index in [9.17, 15) is 4.79 Å². The summed E-state index contributed by atoms with van der Waals surface area (Å²) >= 11 is 0. The van der Waals surface area contributed by atoms with Crippen molar-refractivity contribution in [3.8, 4) is 0 Å². The fraction of sp³-hybridized carbons (Fsp3) is 0.538. The molecule has 3 unspecified atom stereocenters. The Morgan fingerprint density at radius 2 is 2.00 bits per heavy atom. The largest absolute Gasteiger partial charge is 0.349 e. The van der Waals surface area contributed by atoms with Crippen molar-refractivity contribution in [2.45, 2.75) is 39.3 Å². The summed E-state index contributed by atoms with van der Waals surface area (Å²) < 4.78 is 0. The third kappa shape index (κ3) is 3.82. The molecule has 1 aromatic heterocycles. The molecule has 0 fully saturated rings. The summed E-state index contributed by atoms with van der Waals surface area (Å²) in [6.07, 6.45) is 4.32. The third-order valence-electron chi connectivity index (χ3n) is 3.04. The molecule has 4 nitrogen and oxygen atoms in total. The third-order valence-corrected chi connectivity index (χ3v) is 3.04. The molecule has 17 heavy (non-hydrogen) atoms. The van der Waals surface area contributed by atoms with Gasteiger partial charge < -0.3 is 11.1 Å². The molecule has 0 radical (unpaired) electrons. The topological polar surface area (TPSA) is 68.0 Å². The minimum atomic E-state index is -0.175. The monoisotopic (exact) mass is 235 g/mol. The fourth-order valence-corrected chi connectivity index (χ4v) is 1.56. The molecule has 0 saturated heterocycles. The molecule has 0 spiro atoms. The molecule has 0 bridgehead atoms. The maximum atomic E-state index is 11.9. The molecule has 0 aromatic carbocycles. The average molecular weight is 235 g/mol. The van der Waals surface area contributed by atoms with E-state index in [4.69, 9.17) is 5.73 Å². The summed E-state index contributed by atoms with van der Waals surface area (Å²) in [5.74, 6) is -0.172. The Labute approximate surface area is 103 Å². The highest BCUT2D eigenvalue weighted by Crippen LogP contribution is 2.16. The van der Waals surface area contributed by atoms with Gasteiger partial charge in [0.05, 0.1) is 6.04 Å². The van der Waals surface area contributed by atoms with Crippen molar-refractivity contribution >= 4 is 5.91 Å². The van der Waals surface area contributed by atoms with Crippen LogP contribution in [0, 0.1) is 5.92 Å². The average Bonchev–Trinajstić information content (AvgIpc) is 2.35. The fourth-order valence-electron chi connectivity index (χ4n) is 1.56. The van der Waals surface area contributed by atoms with E-state index in [0.29, 0.717) is 0 Å². The van der Waals surface area contributed by atoms with Crippen LogP contribution < -0.4 is 11.1 Å². The normalized spacial score (nSPS) is 16.0. The van der Waals surface area contributed by atoms with Crippen LogP contribution in [0.5, 0.6) is 0 Å². The first kappa shape index (κ1) is 13.6. The summed E-state index contributed by atoms with van der Waals surface area (Å²) in [7, 11) is 0. The number of carbonyl (C=O) groups excluding carboxylic acids is 1. The van der Waals surface area contributed by atoms with E-state index in [1.54, 1.807) is 12.4 Å². The smallest absolute Gasteiger partial charge is 0.224 e. The Balaban J connectivity index is 2.68. The van der Waals surface area contributed by atoms with E-state index < -0.39 is 0 Å². The number of nitrogens with two attached hydrogens (primary N) is 1. The quantitative estimate of drug-likeness (QED) is 0.815. The number of pyridine rings is 1. The van der Waals surface area contributed by atoms with Crippen molar-refractivity contribution in [3.63, 3.8) is 0 Å². The number of carbonyl (C=O) groups is 1. The van der Waals surface area contributed by atoms with E-state index in [2.05, 4.69) is 10.3 Å². The Morgan fingerprint density at radius 1 is 1.41 bits per heavy atom. The van der Waals surface area contributed by atoms with Gasteiger partial charge in [0.2, 0.25) is 5.91 Å². The summed E-state index contributed by atoms with van der Waals surface area (Å²) in [6, 6.07) is 3.74. The maximum absolute atomic E-state index is 11.9. The van der Waals surface area contributed by atoms with Crippen LogP contribution in [0.4, 0.5) is 0 Å². The number of nitrogens with one attached hydrogen (secondary N) is 1. The highest BCUT2D eigenvalue weighted by Gasteiger charge is 2.20. The molecule has 0 aliphatic carbocycles. The Morgan fingerprint density at radius 3 is 2.47 bits per heavy atom. The zero-order chi connectivity index (χ0) is 12.8. The standard InChI is InChI=1S/C13H21N3O/c1-4-12(11-5-7-15-8-6-11)16-13(17)9(2)10(3)14/h5-10,12H,4,14H2,1-3H3,(H,16,17). The molecular weight excluding hydrogens is 214 g/mol. The highest BCUT2D eigenvalue weighted by molar-refractivity contribution is 5.79. The Hall–Kier alpha value is -1.42. The lowest BCUT2D eigenvalue weighted by Gasteiger charge is -2.21. The van der Waals surface area contributed by atoms with Crippen LogP contribution in [0.3, 0.4) is 0 Å². The van der Waals surface area contributed by atoms with Gasteiger partial charge in [0.25, 0.3) is 0 Å². The van der Waals surface area contributed by atoms with Crippen molar-refractivity contribution in [2.24, 2.45) is 11.7 Å². The van der Waals surface area contributed by atoms with E-state index >= 15 is 0 Å². The van der Waals surface area contributed by atoms with Crippen molar-refractivity contribution < 1.29 is 4.79 Å². The molecule has 94 valence electrons. The van der Waals surface area contributed by atoms with Crippen LogP contribution in [0.25, 0.3) is 0 Å². The van der Waals surface area contributed by atoms with Crippen LogP contribution in [0.15, 0.2) is 24.5 Å². The second-order valence-electron chi connectivity index (χ2n) is 4.40. The van der Waals surface area contributed by atoms with Gasteiger partial charge in [0, 0.05) is 24.4 Å². The van der Waals surface area contributed by atoms with Crippen molar-refractivity contribution in [2.75, 3.05) is 0 Å². The molecule has 3 N–H and O–H groups in total. The minimum Gasteiger partial charge on any atom is -0.349 e. The zero-order valence-corrected chi connectivity index (χ0v) is 10.7. The van der Waals surface area contributed by atoms with Gasteiger partial charge >= 0.3 is 0 Å². The summed E-state index contributed by atoms with van der Waals surface area (Å²) in [4.78, 5) is 15.9. The summed E-state index contributed by atoms with van der Waals surface area (Å²) in [5, 5.41) is 3.02. The van der Waals surface area contributed by atoms with Crippen LogP contribution in [0.1, 0.15) is 38.8 Å². The second-order valence-corrected chi connectivity index (χ2v) is 4.40. The van der Waals surface area contributed by atoms with Gasteiger partial charge in [-0.2, -0.15) is 0 Å². The predicted molar refractivity (Wildman–Crippen MR) is 68.2 cm³/mol. The van der Waals surface area contributed by atoms with Gasteiger partial charge in [-0.05, 0) is 31.0 Å². The van der Waals surface area contributed by atoms with Gasteiger partial charge in [-0.3, -0.25) is 9.78 Å². The number of hydrogen-bond acceptors (Lipinski definition) is 3. The van der Waals surface area contributed by atoms with Gasteiger partial charge in [-0.1, -0.05) is 13.8 Å². The zero-order valence-electron chi connectivity index (χ0n) is 10.7. The number of hydrogen-bond donors (Lipinski definition) is 2. The lowest BCUT2D eigenvalue weighted by molar-refractivity contribution is -0.125. The van der Waals surface area contributed by atoms with E-state index in [0.717, 1.165) is 12.0 Å². The molecule has 3 atom stereocenters. The summed E-state index contributed by atoms with van der Waals surface area (Å²) in [5.41, 5.74) is 6.80. The van der Waals surface area contributed by atoms with Crippen molar-refractivity contribution in [1.29, 1.82) is 0 Å². The molecule has 1 amide bonds. The van der Waals surface area contributed by atoms with Gasteiger partial charge in [-0.25, -0.2) is 0 Å². The number of rotatable bonds is 5. The van der Waals surface area contributed by atoms with Crippen LogP contribution in [-0.4, -0.2) is 16.9 Å². The minimum absolute atomic E-state index is 0.00339. The number of nitrogens with zero attached hydrogens (tertiary/aromatic N) is 1. The van der Waals surface area contributed by atoms with E-state index in [-0.39, 0.29) is 23.9 Å². The number of amides is 1. The van der Waals surface area contributed by atoms with Gasteiger partial charge in [0.15, 0.2) is 0 Å². The lowest BCUT2D eigenvalue weighted by Crippen LogP contribution is -2.40. The molecule has 0 aliphatic rings. The first-order chi connectivity index (χ1) is 8.06. The molecule has 1 aromatic rings. The second kappa shape index (κ2) is 6.35.